The topological polar surface area (TPSA) is 78.9 Å². The van der Waals surface area contributed by atoms with Gasteiger partial charge in [0.25, 0.3) is 5.56 Å². The van der Waals surface area contributed by atoms with Gasteiger partial charge in [0, 0.05) is 17.2 Å². The standard InChI is InChI=1S/C23H16FN3O4S/c1-29-18-9-5-14(11-19(18)30-2)21-25-23-27(26-21)22(28)20(32-23)12-16-8-10-17(31-16)13-3-6-15(24)7-4-13/h3-12H,1-2H3/b20-12-. The molecule has 0 aliphatic heterocycles. The molecule has 0 bridgehead atoms. The molecule has 32 heavy (non-hydrogen) atoms. The van der Waals surface area contributed by atoms with Crippen LogP contribution in [0.25, 0.3) is 33.7 Å². The largest absolute Gasteiger partial charge is 0.493 e. The minimum Gasteiger partial charge on any atom is -0.493 e. The van der Waals surface area contributed by atoms with E-state index in [1.807, 2.05) is 0 Å². The summed E-state index contributed by atoms with van der Waals surface area (Å²) >= 11 is 1.21. The number of nitrogens with zero attached hydrogens (tertiary/aromatic N) is 3. The SMILES string of the molecule is COc1ccc(-c2nc3s/c(=C\c4ccc(-c5ccc(F)cc5)o4)c(=O)n3n2)cc1OC. The van der Waals surface area contributed by atoms with Crippen LogP contribution in [0.3, 0.4) is 0 Å². The van der Waals surface area contributed by atoms with Crippen LogP contribution in [0.15, 0.2) is 63.8 Å². The zero-order valence-electron chi connectivity index (χ0n) is 17.0. The van der Waals surface area contributed by atoms with Gasteiger partial charge in [0.15, 0.2) is 17.3 Å². The second-order valence-corrected chi connectivity index (χ2v) is 7.83. The maximum absolute atomic E-state index is 13.1. The number of rotatable bonds is 5. The fourth-order valence-corrected chi connectivity index (χ4v) is 4.15. The Morgan fingerprint density at radius 2 is 1.75 bits per heavy atom. The van der Waals surface area contributed by atoms with Gasteiger partial charge in [-0.1, -0.05) is 11.3 Å². The number of aromatic nitrogens is 3. The summed E-state index contributed by atoms with van der Waals surface area (Å²) in [4.78, 5) is 17.8. The molecule has 0 aliphatic carbocycles. The quantitative estimate of drug-likeness (QED) is 0.406. The minimum absolute atomic E-state index is 0.288. The number of halogens is 1. The van der Waals surface area contributed by atoms with Crippen molar-refractivity contribution in [3.63, 3.8) is 0 Å². The second-order valence-electron chi connectivity index (χ2n) is 6.82. The molecular formula is C23H16FN3O4S. The number of thiazole rings is 1. The van der Waals surface area contributed by atoms with Gasteiger partial charge in [-0.15, -0.1) is 5.10 Å². The van der Waals surface area contributed by atoms with Crippen LogP contribution in [-0.2, 0) is 0 Å². The van der Waals surface area contributed by atoms with E-state index in [0.29, 0.717) is 43.9 Å². The van der Waals surface area contributed by atoms with Crippen molar-refractivity contribution < 1.29 is 18.3 Å². The van der Waals surface area contributed by atoms with Gasteiger partial charge in [0.1, 0.15) is 21.9 Å². The van der Waals surface area contributed by atoms with E-state index in [1.165, 1.54) is 28.0 Å². The van der Waals surface area contributed by atoms with Crippen LogP contribution in [-0.4, -0.2) is 28.8 Å². The Labute approximate surface area is 185 Å². The Kier molecular flexibility index (Phi) is 4.95. The maximum atomic E-state index is 13.1. The van der Waals surface area contributed by atoms with Crippen molar-refractivity contribution in [2.24, 2.45) is 0 Å². The van der Waals surface area contributed by atoms with Crippen molar-refractivity contribution in [3.05, 3.63) is 81.1 Å². The lowest BCUT2D eigenvalue weighted by Crippen LogP contribution is -2.23. The highest BCUT2D eigenvalue weighted by molar-refractivity contribution is 7.15. The minimum atomic E-state index is -0.315. The van der Waals surface area contributed by atoms with Crippen LogP contribution in [0.1, 0.15) is 5.76 Å². The molecule has 0 spiro atoms. The van der Waals surface area contributed by atoms with E-state index < -0.39 is 0 Å². The smallest absolute Gasteiger partial charge is 0.291 e. The second kappa shape index (κ2) is 7.93. The van der Waals surface area contributed by atoms with Crippen LogP contribution < -0.4 is 19.6 Å². The zero-order chi connectivity index (χ0) is 22.2. The van der Waals surface area contributed by atoms with Gasteiger partial charge >= 0.3 is 0 Å². The van der Waals surface area contributed by atoms with Crippen LogP contribution >= 0.6 is 11.3 Å². The third kappa shape index (κ3) is 3.52. The Morgan fingerprint density at radius 3 is 2.47 bits per heavy atom. The van der Waals surface area contributed by atoms with E-state index in [9.17, 15) is 9.18 Å². The average molecular weight is 449 g/mol. The fourth-order valence-electron chi connectivity index (χ4n) is 3.26. The molecule has 0 aliphatic rings. The van der Waals surface area contributed by atoms with E-state index in [-0.39, 0.29) is 11.4 Å². The van der Waals surface area contributed by atoms with Crippen LogP contribution in [0.2, 0.25) is 0 Å². The molecule has 0 unspecified atom stereocenters. The molecule has 160 valence electrons. The zero-order valence-corrected chi connectivity index (χ0v) is 17.9. The van der Waals surface area contributed by atoms with Crippen molar-refractivity contribution in [3.8, 4) is 34.2 Å². The van der Waals surface area contributed by atoms with Crippen molar-refractivity contribution in [1.29, 1.82) is 0 Å². The molecular weight excluding hydrogens is 433 g/mol. The van der Waals surface area contributed by atoms with Crippen molar-refractivity contribution >= 4 is 22.4 Å². The number of hydrogen-bond acceptors (Lipinski definition) is 7. The van der Waals surface area contributed by atoms with Gasteiger partial charge in [0.2, 0.25) is 4.96 Å². The third-order valence-corrected chi connectivity index (χ3v) is 5.81. The predicted molar refractivity (Wildman–Crippen MR) is 119 cm³/mol. The van der Waals surface area contributed by atoms with Gasteiger partial charge in [-0.25, -0.2) is 4.39 Å². The molecule has 0 saturated heterocycles. The molecule has 7 nitrogen and oxygen atoms in total. The summed E-state index contributed by atoms with van der Waals surface area (Å²) in [6, 6.07) is 14.9. The number of ether oxygens (including phenoxy) is 2. The molecule has 9 heteroatoms. The van der Waals surface area contributed by atoms with Gasteiger partial charge in [-0.3, -0.25) is 4.79 Å². The van der Waals surface area contributed by atoms with Gasteiger partial charge < -0.3 is 13.9 Å². The summed E-state index contributed by atoms with van der Waals surface area (Å²) in [5.74, 6) is 2.33. The van der Waals surface area contributed by atoms with E-state index >= 15 is 0 Å². The molecule has 0 fully saturated rings. The lowest BCUT2D eigenvalue weighted by Gasteiger charge is -2.07. The van der Waals surface area contributed by atoms with Crippen molar-refractivity contribution in [2.45, 2.75) is 0 Å². The Bertz CT molecular complexity index is 1540. The Morgan fingerprint density at radius 1 is 1.00 bits per heavy atom. The molecule has 5 rings (SSSR count). The summed E-state index contributed by atoms with van der Waals surface area (Å²) in [5, 5.41) is 4.36. The highest BCUT2D eigenvalue weighted by Gasteiger charge is 2.14. The lowest BCUT2D eigenvalue weighted by atomic mass is 10.2. The van der Waals surface area contributed by atoms with Crippen molar-refractivity contribution in [1.82, 2.24) is 14.6 Å². The number of fused-ring (bicyclic) bond motifs is 1. The summed E-state index contributed by atoms with van der Waals surface area (Å²) in [7, 11) is 3.11. The number of furan rings is 1. The first-order valence-corrected chi connectivity index (χ1v) is 10.4. The predicted octanol–water partition coefficient (Wildman–Crippen LogP) is 3.78. The number of hydrogen-bond donors (Lipinski definition) is 0. The van der Waals surface area contributed by atoms with Gasteiger partial charge in [0.05, 0.1) is 14.2 Å². The lowest BCUT2D eigenvalue weighted by molar-refractivity contribution is 0.355. The normalized spacial score (nSPS) is 11.9. The first-order chi connectivity index (χ1) is 15.6. The molecule has 0 amide bonds. The summed E-state index contributed by atoms with van der Waals surface area (Å²) in [6.45, 7) is 0. The summed E-state index contributed by atoms with van der Waals surface area (Å²) in [6.07, 6.45) is 1.65. The van der Waals surface area contributed by atoms with E-state index in [2.05, 4.69) is 10.1 Å². The highest BCUT2D eigenvalue weighted by atomic mass is 32.1. The Balaban J connectivity index is 1.49. The van der Waals surface area contributed by atoms with Crippen LogP contribution in [0.5, 0.6) is 11.5 Å². The van der Waals surface area contributed by atoms with E-state index in [4.69, 9.17) is 13.9 Å². The number of methoxy groups -OCH3 is 2. The van der Waals surface area contributed by atoms with Crippen LogP contribution in [0, 0.1) is 5.82 Å². The monoisotopic (exact) mass is 449 g/mol. The molecule has 0 radical (unpaired) electrons. The van der Waals surface area contributed by atoms with Crippen molar-refractivity contribution in [2.75, 3.05) is 14.2 Å². The molecule has 0 atom stereocenters. The molecule has 0 saturated carbocycles. The number of benzene rings is 2. The first kappa shape index (κ1) is 20.0. The third-order valence-electron chi connectivity index (χ3n) is 4.85. The molecule has 2 aromatic carbocycles. The Hall–Kier alpha value is -3.98. The summed E-state index contributed by atoms with van der Waals surface area (Å²) < 4.78 is 31.2. The first-order valence-electron chi connectivity index (χ1n) is 9.55. The summed E-state index contributed by atoms with van der Waals surface area (Å²) in [5.41, 5.74) is 1.16. The van der Waals surface area contributed by atoms with E-state index in [0.717, 1.165) is 5.56 Å². The average Bonchev–Trinajstić information content (AvgIpc) is 3.51. The maximum Gasteiger partial charge on any atom is 0.291 e. The molecule has 5 aromatic rings. The van der Waals surface area contributed by atoms with Gasteiger partial charge in [-0.2, -0.15) is 9.50 Å². The van der Waals surface area contributed by atoms with E-state index in [1.54, 1.807) is 62.8 Å². The van der Waals surface area contributed by atoms with Gasteiger partial charge in [-0.05, 0) is 54.6 Å². The van der Waals surface area contributed by atoms with Crippen LogP contribution in [0.4, 0.5) is 4.39 Å². The molecule has 3 aromatic heterocycles. The molecule has 3 heterocycles. The highest BCUT2D eigenvalue weighted by Crippen LogP contribution is 2.31. The fraction of sp³-hybridized carbons (Fsp3) is 0.0870. The molecule has 0 N–H and O–H groups in total.